The van der Waals surface area contributed by atoms with Crippen molar-refractivity contribution in [1.29, 1.82) is 0 Å². The van der Waals surface area contributed by atoms with Gasteiger partial charge in [-0.1, -0.05) is 19.9 Å². The predicted octanol–water partition coefficient (Wildman–Crippen LogP) is 3.46. The van der Waals surface area contributed by atoms with Crippen LogP contribution in [0.3, 0.4) is 0 Å². The molecule has 1 aromatic rings. The number of thiophene rings is 1. The number of hydrogen-bond donors (Lipinski definition) is 0. The normalized spacial score (nSPS) is 12.8. The van der Waals surface area contributed by atoms with Gasteiger partial charge in [-0.05, 0) is 17.9 Å². The lowest BCUT2D eigenvalue weighted by molar-refractivity contribution is 0.102. The molecule has 1 nitrogen and oxygen atoms in total. The Labute approximate surface area is 87.5 Å². The second-order valence-electron chi connectivity index (χ2n) is 2.93. The van der Waals surface area contributed by atoms with Crippen molar-refractivity contribution in [1.82, 2.24) is 0 Å². The highest BCUT2D eigenvalue weighted by Gasteiger charge is 2.08. The number of ketones is 1. The molecule has 0 spiro atoms. The molecule has 1 heterocycles. The molecular weight excluding hydrogens is 200 g/mol. The maximum absolute atomic E-state index is 11.5. The summed E-state index contributed by atoms with van der Waals surface area (Å²) in [4.78, 5) is 12.4. The zero-order chi connectivity index (χ0) is 9.68. The molecule has 0 amide bonds. The summed E-state index contributed by atoms with van der Waals surface area (Å²) < 4.78 is 0. The van der Waals surface area contributed by atoms with Crippen LogP contribution in [0, 0.1) is 0 Å². The van der Waals surface area contributed by atoms with E-state index < -0.39 is 0 Å². The molecule has 72 valence electrons. The Bertz CT molecular complexity index is 254. The molecule has 0 saturated heterocycles. The van der Waals surface area contributed by atoms with Gasteiger partial charge >= 0.3 is 0 Å². The van der Waals surface area contributed by atoms with E-state index >= 15 is 0 Å². The lowest BCUT2D eigenvalue weighted by atomic mass is 10.3. The minimum Gasteiger partial charge on any atom is -0.292 e. The molecule has 3 heteroatoms. The summed E-state index contributed by atoms with van der Waals surface area (Å²) in [5.74, 6) is 0.885. The fourth-order valence-electron chi connectivity index (χ4n) is 0.844. The van der Waals surface area contributed by atoms with Crippen LogP contribution >= 0.6 is 23.1 Å². The minimum absolute atomic E-state index is 0.264. The molecule has 13 heavy (non-hydrogen) atoms. The summed E-state index contributed by atoms with van der Waals surface area (Å²) in [7, 11) is 0. The summed E-state index contributed by atoms with van der Waals surface area (Å²) in [6.07, 6.45) is 1.13. The summed E-state index contributed by atoms with van der Waals surface area (Å²) in [6.45, 7) is 4.31. The highest BCUT2D eigenvalue weighted by molar-refractivity contribution is 8.00. The van der Waals surface area contributed by atoms with E-state index in [0.717, 1.165) is 11.3 Å². The van der Waals surface area contributed by atoms with Crippen LogP contribution in [0.4, 0.5) is 0 Å². The van der Waals surface area contributed by atoms with Crippen LogP contribution < -0.4 is 0 Å². The van der Waals surface area contributed by atoms with Crippen LogP contribution in [-0.2, 0) is 0 Å². The first-order valence-electron chi connectivity index (χ1n) is 4.42. The summed E-state index contributed by atoms with van der Waals surface area (Å²) in [5, 5.41) is 2.53. The van der Waals surface area contributed by atoms with Gasteiger partial charge in [-0.25, -0.2) is 0 Å². The monoisotopic (exact) mass is 214 g/mol. The first-order chi connectivity index (χ1) is 6.24. The molecule has 1 rings (SSSR count). The van der Waals surface area contributed by atoms with E-state index in [2.05, 4.69) is 13.8 Å². The Morgan fingerprint density at radius 1 is 1.69 bits per heavy atom. The van der Waals surface area contributed by atoms with Crippen molar-refractivity contribution < 1.29 is 4.79 Å². The zero-order valence-corrected chi connectivity index (χ0v) is 9.58. The first-order valence-corrected chi connectivity index (χ1v) is 6.35. The van der Waals surface area contributed by atoms with Crippen LogP contribution in [0.5, 0.6) is 0 Å². The molecule has 0 fully saturated rings. The third-order valence-corrected chi connectivity index (χ3v) is 4.11. The Morgan fingerprint density at radius 3 is 3.00 bits per heavy atom. The molecule has 0 bridgehead atoms. The van der Waals surface area contributed by atoms with Gasteiger partial charge in [0.05, 0.1) is 10.6 Å². The van der Waals surface area contributed by atoms with Gasteiger partial charge in [-0.2, -0.15) is 11.8 Å². The van der Waals surface area contributed by atoms with E-state index in [1.165, 1.54) is 11.3 Å². The average molecular weight is 214 g/mol. The van der Waals surface area contributed by atoms with Crippen molar-refractivity contribution in [3.8, 4) is 0 Å². The smallest absolute Gasteiger partial charge is 0.182 e. The van der Waals surface area contributed by atoms with Gasteiger partial charge in [0.25, 0.3) is 0 Å². The molecule has 0 aromatic carbocycles. The summed E-state index contributed by atoms with van der Waals surface area (Å²) in [5.41, 5.74) is 0. The van der Waals surface area contributed by atoms with Crippen LogP contribution in [0.2, 0.25) is 0 Å². The van der Waals surface area contributed by atoms with Crippen molar-refractivity contribution >= 4 is 28.9 Å². The van der Waals surface area contributed by atoms with E-state index in [1.54, 1.807) is 11.8 Å². The third kappa shape index (κ3) is 3.53. The Kier molecular flexibility index (Phi) is 4.53. The van der Waals surface area contributed by atoms with Crippen molar-refractivity contribution in [3.63, 3.8) is 0 Å². The molecule has 0 aliphatic heterocycles. The van der Waals surface area contributed by atoms with Crippen molar-refractivity contribution in [2.75, 3.05) is 5.75 Å². The molecule has 1 atom stereocenters. The van der Waals surface area contributed by atoms with E-state index in [-0.39, 0.29) is 5.78 Å². The van der Waals surface area contributed by atoms with E-state index in [1.807, 2.05) is 17.5 Å². The SMILES string of the molecule is CCC(C)SCC(=O)c1cccs1. The largest absolute Gasteiger partial charge is 0.292 e. The highest BCUT2D eigenvalue weighted by atomic mass is 32.2. The van der Waals surface area contributed by atoms with Crippen LogP contribution in [-0.4, -0.2) is 16.8 Å². The third-order valence-electron chi connectivity index (χ3n) is 1.87. The standard InChI is InChI=1S/C10H14OS2/c1-3-8(2)13-7-9(11)10-5-4-6-12-10/h4-6,8H,3,7H2,1-2H3. The first kappa shape index (κ1) is 10.8. The molecule has 1 unspecified atom stereocenters. The van der Waals surface area contributed by atoms with Crippen LogP contribution in [0.1, 0.15) is 29.9 Å². The molecule has 1 aromatic heterocycles. The maximum atomic E-state index is 11.5. The van der Waals surface area contributed by atoms with Crippen molar-refractivity contribution in [2.45, 2.75) is 25.5 Å². The lowest BCUT2D eigenvalue weighted by Gasteiger charge is -2.05. The van der Waals surface area contributed by atoms with Gasteiger partial charge in [0.15, 0.2) is 5.78 Å². The Hall–Kier alpha value is -0.280. The molecule has 0 aliphatic carbocycles. The summed E-state index contributed by atoms with van der Waals surface area (Å²) >= 11 is 3.27. The number of thioether (sulfide) groups is 1. The van der Waals surface area contributed by atoms with Crippen LogP contribution in [0.25, 0.3) is 0 Å². The minimum atomic E-state index is 0.264. The quantitative estimate of drug-likeness (QED) is 0.698. The number of carbonyl (C=O) groups excluding carboxylic acids is 1. The van der Waals surface area contributed by atoms with Gasteiger partial charge < -0.3 is 0 Å². The highest BCUT2D eigenvalue weighted by Crippen LogP contribution is 2.17. The number of hydrogen-bond acceptors (Lipinski definition) is 3. The average Bonchev–Trinajstić information content (AvgIpc) is 2.66. The fourth-order valence-corrected chi connectivity index (χ4v) is 2.43. The van der Waals surface area contributed by atoms with E-state index in [9.17, 15) is 4.79 Å². The maximum Gasteiger partial charge on any atom is 0.182 e. The number of Topliss-reactive ketones (excluding diaryl/α,β-unsaturated/α-hetero) is 1. The Balaban J connectivity index is 2.35. The second kappa shape index (κ2) is 5.45. The van der Waals surface area contributed by atoms with Crippen molar-refractivity contribution in [3.05, 3.63) is 22.4 Å². The molecule has 0 N–H and O–H groups in total. The number of carbonyl (C=O) groups is 1. The molecule has 0 radical (unpaired) electrons. The van der Waals surface area contributed by atoms with Gasteiger partial charge in [0.1, 0.15) is 0 Å². The van der Waals surface area contributed by atoms with Crippen LogP contribution in [0.15, 0.2) is 17.5 Å². The van der Waals surface area contributed by atoms with Gasteiger partial charge in [-0.3, -0.25) is 4.79 Å². The topological polar surface area (TPSA) is 17.1 Å². The summed E-state index contributed by atoms with van der Waals surface area (Å²) in [6, 6.07) is 3.82. The molecule has 0 saturated carbocycles. The van der Waals surface area contributed by atoms with Crippen molar-refractivity contribution in [2.24, 2.45) is 0 Å². The molecule has 0 aliphatic rings. The van der Waals surface area contributed by atoms with E-state index in [4.69, 9.17) is 0 Å². The van der Waals surface area contributed by atoms with E-state index in [0.29, 0.717) is 11.0 Å². The fraction of sp³-hybridized carbons (Fsp3) is 0.500. The number of rotatable bonds is 5. The van der Waals surface area contributed by atoms with Gasteiger partial charge in [0, 0.05) is 5.25 Å². The predicted molar refractivity (Wildman–Crippen MR) is 60.9 cm³/mol. The van der Waals surface area contributed by atoms with Gasteiger partial charge in [-0.15, -0.1) is 11.3 Å². The Morgan fingerprint density at radius 2 is 2.46 bits per heavy atom. The second-order valence-corrected chi connectivity index (χ2v) is 5.30. The van der Waals surface area contributed by atoms with Gasteiger partial charge in [0.2, 0.25) is 0 Å². The lowest BCUT2D eigenvalue weighted by Crippen LogP contribution is -2.04. The zero-order valence-electron chi connectivity index (χ0n) is 7.95. The molecular formula is C10H14OS2.